The molecule has 5 N–H and O–H groups in total. The van der Waals surface area contributed by atoms with E-state index < -0.39 is 0 Å². The molecule has 3 aromatic rings. The predicted octanol–water partition coefficient (Wildman–Crippen LogP) is 4.00. The normalized spacial score (nSPS) is 11.4. The van der Waals surface area contributed by atoms with Crippen LogP contribution in [-0.2, 0) is 6.42 Å². The fourth-order valence-electron chi connectivity index (χ4n) is 2.44. The van der Waals surface area contributed by atoms with Crippen molar-refractivity contribution < 1.29 is 4.84 Å². The van der Waals surface area contributed by atoms with Gasteiger partial charge in [0.2, 0.25) is 0 Å². The molecule has 25 heavy (non-hydrogen) atoms. The highest BCUT2D eigenvalue weighted by Crippen LogP contribution is 2.20. The summed E-state index contributed by atoms with van der Waals surface area (Å²) in [7, 11) is 0. The van der Waals surface area contributed by atoms with Gasteiger partial charge in [0.05, 0.1) is 0 Å². The first-order valence-electron chi connectivity index (χ1n) is 8.07. The third-order valence-electron chi connectivity index (χ3n) is 3.79. The molecule has 0 spiro atoms. The van der Waals surface area contributed by atoms with Crippen LogP contribution in [0, 0.1) is 0 Å². The number of nitrogens with one attached hydrogen (secondary N) is 1. The quantitative estimate of drug-likeness (QED) is 0.621. The Morgan fingerprint density at radius 1 is 0.720 bits per heavy atom. The second-order valence-electron chi connectivity index (χ2n) is 5.75. The van der Waals surface area contributed by atoms with Crippen molar-refractivity contribution in [1.29, 1.82) is 0 Å². The van der Waals surface area contributed by atoms with Crippen molar-refractivity contribution in [3.05, 3.63) is 95.7 Å². The maximum Gasteiger partial charge on any atom is 0.162 e. The van der Waals surface area contributed by atoms with Gasteiger partial charge in [0, 0.05) is 23.1 Å². The maximum atomic E-state index is 5.62. The molecule has 0 amide bonds. The molecule has 0 aromatic heterocycles. The van der Waals surface area contributed by atoms with E-state index >= 15 is 0 Å². The third kappa shape index (κ3) is 4.78. The van der Waals surface area contributed by atoms with Crippen LogP contribution in [0.2, 0.25) is 0 Å². The van der Waals surface area contributed by atoms with Gasteiger partial charge in [-0.1, -0.05) is 42.5 Å². The van der Waals surface area contributed by atoms with Crippen LogP contribution in [0.3, 0.4) is 0 Å². The zero-order chi connectivity index (χ0) is 17.5. The van der Waals surface area contributed by atoms with Crippen LogP contribution in [0.25, 0.3) is 6.08 Å². The average Bonchev–Trinajstić information content (AvgIpc) is 2.66. The SMILES string of the molecule is C1=Cc2ccccc2ON1.Nc1ccc(Cc2ccc(N)cc2)cc1. The van der Waals surface area contributed by atoms with Crippen LogP contribution in [0.4, 0.5) is 11.4 Å². The van der Waals surface area contributed by atoms with Gasteiger partial charge in [-0.3, -0.25) is 0 Å². The largest absolute Gasteiger partial charge is 0.399 e. The number of hydrogen-bond donors (Lipinski definition) is 3. The molecular weight excluding hydrogens is 310 g/mol. The predicted molar refractivity (Wildman–Crippen MR) is 104 cm³/mol. The van der Waals surface area contributed by atoms with Crippen molar-refractivity contribution in [1.82, 2.24) is 5.48 Å². The highest BCUT2D eigenvalue weighted by atomic mass is 16.6. The Bertz CT molecular complexity index is 796. The van der Waals surface area contributed by atoms with Gasteiger partial charge < -0.3 is 16.3 Å². The summed E-state index contributed by atoms with van der Waals surface area (Å²) < 4.78 is 0. The molecule has 4 heteroatoms. The lowest BCUT2D eigenvalue weighted by Crippen LogP contribution is -2.13. The number of nitrogens with two attached hydrogens (primary N) is 2. The van der Waals surface area contributed by atoms with E-state index in [4.69, 9.17) is 16.3 Å². The van der Waals surface area contributed by atoms with Crippen LogP contribution < -0.4 is 21.8 Å². The Balaban J connectivity index is 0.000000157. The molecule has 3 aromatic carbocycles. The van der Waals surface area contributed by atoms with Gasteiger partial charge in [0.15, 0.2) is 5.75 Å². The molecule has 4 nitrogen and oxygen atoms in total. The number of fused-ring (bicyclic) bond motifs is 1. The lowest BCUT2D eigenvalue weighted by molar-refractivity contribution is 0.239. The maximum absolute atomic E-state index is 5.62. The van der Waals surface area contributed by atoms with Gasteiger partial charge >= 0.3 is 0 Å². The number of hydroxylamine groups is 1. The van der Waals surface area contributed by atoms with E-state index in [0.717, 1.165) is 29.1 Å². The summed E-state index contributed by atoms with van der Waals surface area (Å²) in [6.07, 6.45) is 4.65. The standard InChI is InChI=1S/C13H14N2.C8H7NO/c14-12-5-1-10(2-6-12)9-11-3-7-13(15)8-4-11;1-2-4-8-7(3-1)5-6-9-10-8/h1-8H,9,14-15H2;1-6,9H. The Morgan fingerprint density at radius 3 is 1.84 bits per heavy atom. The number of para-hydroxylation sites is 1. The van der Waals surface area contributed by atoms with Crippen molar-refractivity contribution in [2.45, 2.75) is 6.42 Å². The van der Waals surface area contributed by atoms with E-state index in [0.29, 0.717) is 0 Å². The van der Waals surface area contributed by atoms with Crippen LogP contribution >= 0.6 is 0 Å². The zero-order valence-corrected chi connectivity index (χ0v) is 13.9. The molecule has 1 heterocycles. The van der Waals surface area contributed by atoms with E-state index in [2.05, 4.69) is 5.48 Å². The fraction of sp³-hybridized carbons (Fsp3) is 0.0476. The number of anilines is 2. The molecule has 0 radical (unpaired) electrons. The second kappa shape index (κ2) is 7.93. The summed E-state index contributed by atoms with van der Waals surface area (Å²) >= 11 is 0. The number of benzene rings is 3. The second-order valence-corrected chi connectivity index (χ2v) is 5.75. The van der Waals surface area contributed by atoms with E-state index in [-0.39, 0.29) is 0 Å². The monoisotopic (exact) mass is 331 g/mol. The minimum absolute atomic E-state index is 0.802. The molecule has 0 atom stereocenters. The fourth-order valence-corrected chi connectivity index (χ4v) is 2.44. The molecule has 0 aliphatic carbocycles. The van der Waals surface area contributed by atoms with Gasteiger partial charge in [-0.2, -0.15) is 0 Å². The van der Waals surface area contributed by atoms with Crippen molar-refractivity contribution >= 4 is 17.5 Å². The van der Waals surface area contributed by atoms with E-state index in [9.17, 15) is 0 Å². The van der Waals surface area contributed by atoms with Crippen molar-refractivity contribution in [3.8, 4) is 5.75 Å². The third-order valence-corrected chi connectivity index (χ3v) is 3.79. The number of nitrogen functional groups attached to an aromatic ring is 2. The Kier molecular flexibility index (Phi) is 5.22. The molecule has 0 unspecified atom stereocenters. The minimum Gasteiger partial charge on any atom is -0.399 e. The van der Waals surface area contributed by atoms with Crippen LogP contribution in [0.15, 0.2) is 79.0 Å². The molecule has 0 fully saturated rings. The summed E-state index contributed by atoms with van der Waals surface area (Å²) in [6, 6.07) is 23.7. The smallest absolute Gasteiger partial charge is 0.162 e. The highest BCUT2D eigenvalue weighted by Gasteiger charge is 2.01. The highest BCUT2D eigenvalue weighted by molar-refractivity contribution is 5.58. The molecule has 4 rings (SSSR count). The van der Waals surface area contributed by atoms with Crippen molar-refractivity contribution in [3.63, 3.8) is 0 Å². The van der Waals surface area contributed by atoms with E-state index in [1.807, 2.05) is 78.9 Å². The van der Waals surface area contributed by atoms with Gasteiger partial charge in [0.25, 0.3) is 0 Å². The summed E-state index contributed by atoms with van der Waals surface area (Å²) in [5, 5.41) is 0. The molecule has 1 aliphatic rings. The van der Waals surface area contributed by atoms with Gasteiger partial charge in [-0.25, -0.2) is 5.48 Å². The topological polar surface area (TPSA) is 73.3 Å². The van der Waals surface area contributed by atoms with Crippen molar-refractivity contribution in [2.24, 2.45) is 0 Å². The number of hydrogen-bond acceptors (Lipinski definition) is 4. The van der Waals surface area contributed by atoms with E-state index in [1.165, 1.54) is 11.1 Å². The molecule has 126 valence electrons. The van der Waals surface area contributed by atoms with Gasteiger partial charge in [0.1, 0.15) is 0 Å². The van der Waals surface area contributed by atoms with E-state index in [1.54, 1.807) is 6.20 Å². The Morgan fingerprint density at radius 2 is 1.28 bits per heavy atom. The first kappa shape index (κ1) is 16.5. The molecule has 0 saturated carbocycles. The average molecular weight is 331 g/mol. The molecule has 0 saturated heterocycles. The molecular formula is C21H21N3O. The van der Waals surface area contributed by atoms with Gasteiger partial charge in [-0.05, 0) is 54.0 Å². The number of rotatable bonds is 2. The lowest BCUT2D eigenvalue weighted by Gasteiger charge is -2.11. The van der Waals surface area contributed by atoms with Crippen LogP contribution in [-0.4, -0.2) is 0 Å². The molecule has 1 aliphatic heterocycles. The van der Waals surface area contributed by atoms with Gasteiger partial charge in [-0.15, -0.1) is 0 Å². The summed E-state index contributed by atoms with van der Waals surface area (Å²) in [4.78, 5) is 5.09. The first-order valence-corrected chi connectivity index (χ1v) is 8.07. The first-order chi connectivity index (χ1) is 12.2. The molecule has 0 bridgehead atoms. The summed E-state index contributed by atoms with van der Waals surface area (Å²) in [6.45, 7) is 0. The minimum atomic E-state index is 0.802. The Labute approximate surface area is 147 Å². The zero-order valence-electron chi connectivity index (χ0n) is 13.9. The summed E-state index contributed by atoms with van der Waals surface area (Å²) in [5.74, 6) is 0.880. The van der Waals surface area contributed by atoms with Crippen molar-refractivity contribution in [2.75, 3.05) is 11.5 Å². The Hall–Kier alpha value is -3.40. The summed E-state index contributed by atoms with van der Waals surface area (Å²) in [5.41, 5.74) is 19.1. The van der Waals surface area contributed by atoms with Crippen LogP contribution in [0.5, 0.6) is 5.75 Å². The lowest BCUT2D eigenvalue weighted by atomic mass is 10.0. The van der Waals surface area contributed by atoms with Crippen LogP contribution in [0.1, 0.15) is 16.7 Å².